The predicted molar refractivity (Wildman–Crippen MR) is 84.7 cm³/mol. The van der Waals surface area contributed by atoms with Crippen molar-refractivity contribution in [3.8, 4) is 0 Å². The quantitative estimate of drug-likeness (QED) is 0.788. The lowest BCUT2D eigenvalue weighted by molar-refractivity contribution is 0.0940. The first-order valence-electron chi connectivity index (χ1n) is 7.01. The van der Waals surface area contributed by atoms with Gasteiger partial charge in [-0.1, -0.05) is 30.3 Å². The summed E-state index contributed by atoms with van der Waals surface area (Å²) in [6.07, 6.45) is 1.83. The highest BCUT2D eigenvalue weighted by Gasteiger charge is 2.23. The lowest BCUT2D eigenvalue weighted by Gasteiger charge is -2.12. The molecule has 2 aromatic carbocycles. The monoisotopic (exact) mass is 294 g/mol. The molecule has 21 heavy (non-hydrogen) atoms. The minimum absolute atomic E-state index is 0.00246. The molecule has 1 amide bonds. The molecule has 1 aliphatic rings. The van der Waals surface area contributed by atoms with Crippen molar-refractivity contribution in [1.82, 2.24) is 10.3 Å². The molecule has 1 aromatic heterocycles. The summed E-state index contributed by atoms with van der Waals surface area (Å²) in [6.45, 7) is 0. The molecule has 0 spiro atoms. The Kier molecular flexibility index (Phi) is 2.97. The molecule has 4 rings (SSSR count). The average molecular weight is 294 g/mol. The molecule has 1 heterocycles. The van der Waals surface area contributed by atoms with Crippen molar-refractivity contribution in [1.29, 1.82) is 0 Å². The lowest BCUT2D eigenvalue weighted by Crippen LogP contribution is -2.35. The summed E-state index contributed by atoms with van der Waals surface area (Å²) in [6, 6.07) is 14.3. The lowest BCUT2D eigenvalue weighted by atomic mass is 10.1. The Balaban J connectivity index is 1.56. The maximum Gasteiger partial charge on any atom is 0.253 e. The zero-order chi connectivity index (χ0) is 14.2. The minimum atomic E-state index is 0.00246. The van der Waals surface area contributed by atoms with Crippen LogP contribution in [0.4, 0.5) is 0 Å². The molecule has 4 heteroatoms. The number of nitrogens with one attached hydrogen (secondary N) is 1. The topological polar surface area (TPSA) is 42.0 Å². The largest absolute Gasteiger partial charge is 0.349 e. The third kappa shape index (κ3) is 2.21. The van der Waals surface area contributed by atoms with E-state index < -0.39 is 0 Å². The molecule has 0 unspecified atom stereocenters. The molecule has 1 aliphatic carbocycles. The Morgan fingerprint density at radius 3 is 2.62 bits per heavy atom. The van der Waals surface area contributed by atoms with Gasteiger partial charge in [0.2, 0.25) is 0 Å². The normalized spacial score (nSPS) is 14.3. The van der Waals surface area contributed by atoms with Crippen LogP contribution in [0, 0.1) is 0 Å². The van der Waals surface area contributed by atoms with E-state index in [-0.39, 0.29) is 11.9 Å². The maximum absolute atomic E-state index is 12.5. The summed E-state index contributed by atoms with van der Waals surface area (Å²) < 4.78 is 0.963. The van der Waals surface area contributed by atoms with Crippen LogP contribution in [-0.4, -0.2) is 16.9 Å². The second-order valence-electron chi connectivity index (χ2n) is 5.35. The predicted octanol–water partition coefficient (Wildman–Crippen LogP) is 3.19. The van der Waals surface area contributed by atoms with E-state index in [9.17, 15) is 4.79 Å². The molecule has 3 nitrogen and oxygen atoms in total. The second-order valence-corrected chi connectivity index (χ2v) is 6.21. The highest BCUT2D eigenvalue weighted by Crippen LogP contribution is 2.24. The fourth-order valence-corrected chi connectivity index (χ4v) is 3.79. The van der Waals surface area contributed by atoms with Gasteiger partial charge < -0.3 is 5.32 Å². The number of hydrogen-bond donors (Lipinski definition) is 1. The van der Waals surface area contributed by atoms with Crippen LogP contribution in [0.1, 0.15) is 21.5 Å². The van der Waals surface area contributed by atoms with Crippen LogP contribution < -0.4 is 5.32 Å². The number of benzene rings is 2. The first kappa shape index (κ1) is 12.5. The fourth-order valence-electron chi connectivity index (χ4n) is 2.99. The summed E-state index contributed by atoms with van der Waals surface area (Å²) in [5.74, 6) is 0.00246. The second kappa shape index (κ2) is 4.97. The minimum Gasteiger partial charge on any atom is -0.349 e. The van der Waals surface area contributed by atoms with Gasteiger partial charge in [-0.25, -0.2) is 4.98 Å². The Hall–Kier alpha value is -2.20. The van der Waals surface area contributed by atoms with Gasteiger partial charge in [-0.05, 0) is 36.1 Å². The molecule has 0 atom stereocenters. The average Bonchev–Trinajstić information content (AvgIpc) is 3.12. The van der Waals surface area contributed by atoms with Gasteiger partial charge in [0.1, 0.15) is 0 Å². The van der Waals surface area contributed by atoms with E-state index in [1.54, 1.807) is 5.51 Å². The molecule has 1 N–H and O–H groups in total. The summed E-state index contributed by atoms with van der Waals surface area (Å²) in [5, 5.41) is 3.16. The van der Waals surface area contributed by atoms with Gasteiger partial charge in [0, 0.05) is 6.04 Å². The number of amides is 1. The van der Waals surface area contributed by atoms with E-state index in [4.69, 9.17) is 0 Å². The fraction of sp³-hybridized carbons (Fsp3) is 0.176. The summed E-state index contributed by atoms with van der Waals surface area (Å²) in [7, 11) is 0. The molecule has 0 radical (unpaired) electrons. The van der Waals surface area contributed by atoms with E-state index in [0.717, 1.165) is 28.6 Å². The highest BCUT2D eigenvalue weighted by molar-refractivity contribution is 7.17. The zero-order valence-corrected chi connectivity index (χ0v) is 12.2. The van der Waals surface area contributed by atoms with E-state index in [2.05, 4.69) is 34.6 Å². The number of hydrogen-bond acceptors (Lipinski definition) is 3. The summed E-state index contributed by atoms with van der Waals surface area (Å²) in [5.41, 5.74) is 6.10. The van der Waals surface area contributed by atoms with Crippen molar-refractivity contribution in [2.24, 2.45) is 0 Å². The number of carbonyl (C=O) groups is 1. The Bertz CT molecular complexity index is 799. The number of fused-ring (bicyclic) bond motifs is 2. The van der Waals surface area contributed by atoms with Gasteiger partial charge in [-0.15, -0.1) is 11.3 Å². The van der Waals surface area contributed by atoms with Gasteiger partial charge >= 0.3 is 0 Å². The van der Waals surface area contributed by atoms with Gasteiger partial charge in [-0.2, -0.15) is 0 Å². The molecular weight excluding hydrogens is 280 g/mol. The van der Waals surface area contributed by atoms with E-state index >= 15 is 0 Å². The zero-order valence-electron chi connectivity index (χ0n) is 11.4. The smallest absolute Gasteiger partial charge is 0.253 e. The number of nitrogens with zero attached hydrogens (tertiary/aromatic N) is 1. The van der Waals surface area contributed by atoms with Crippen LogP contribution in [0.3, 0.4) is 0 Å². The molecule has 3 aromatic rings. The van der Waals surface area contributed by atoms with Crippen molar-refractivity contribution in [3.05, 3.63) is 64.7 Å². The molecule has 0 saturated carbocycles. The van der Waals surface area contributed by atoms with E-state index in [1.807, 2.05) is 18.2 Å². The van der Waals surface area contributed by atoms with Gasteiger partial charge in [-0.3, -0.25) is 4.79 Å². The molecule has 0 aliphatic heterocycles. The molecule has 0 saturated heterocycles. The number of rotatable bonds is 2. The Morgan fingerprint density at radius 2 is 1.86 bits per heavy atom. The maximum atomic E-state index is 12.5. The first-order chi connectivity index (χ1) is 10.3. The number of thiazole rings is 1. The highest BCUT2D eigenvalue weighted by atomic mass is 32.1. The third-order valence-electron chi connectivity index (χ3n) is 3.99. The van der Waals surface area contributed by atoms with Crippen LogP contribution in [-0.2, 0) is 12.8 Å². The third-order valence-corrected chi connectivity index (χ3v) is 4.86. The van der Waals surface area contributed by atoms with Gasteiger partial charge in [0.05, 0.1) is 21.3 Å². The molecule has 104 valence electrons. The van der Waals surface area contributed by atoms with E-state index in [0.29, 0.717) is 0 Å². The van der Waals surface area contributed by atoms with Crippen molar-refractivity contribution in [2.75, 3.05) is 0 Å². The van der Waals surface area contributed by atoms with Gasteiger partial charge in [0.15, 0.2) is 0 Å². The van der Waals surface area contributed by atoms with Crippen molar-refractivity contribution in [2.45, 2.75) is 18.9 Å². The summed E-state index contributed by atoms with van der Waals surface area (Å²) >= 11 is 1.52. The molecular formula is C17H14N2OS. The van der Waals surface area contributed by atoms with Crippen LogP contribution >= 0.6 is 11.3 Å². The number of carbonyl (C=O) groups excluding carboxylic acids is 1. The Morgan fingerprint density at radius 1 is 1.10 bits per heavy atom. The van der Waals surface area contributed by atoms with Crippen molar-refractivity contribution in [3.63, 3.8) is 0 Å². The van der Waals surface area contributed by atoms with Crippen molar-refractivity contribution >= 4 is 27.5 Å². The summed E-state index contributed by atoms with van der Waals surface area (Å²) in [4.78, 5) is 16.8. The van der Waals surface area contributed by atoms with Crippen LogP contribution in [0.5, 0.6) is 0 Å². The van der Waals surface area contributed by atoms with Crippen LogP contribution in [0.15, 0.2) is 48.0 Å². The van der Waals surface area contributed by atoms with Crippen LogP contribution in [0.25, 0.3) is 10.2 Å². The SMILES string of the molecule is O=C(NC1Cc2ccccc2C1)c1cccc2ncsc12. The molecule has 0 fully saturated rings. The number of aromatic nitrogens is 1. The van der Waals surface area contributed by atoms with Gasteiger partial charge in [0.25, 0.3) is 5.91 Å². The molecule has 0 bridgehead atoms. The van der Waals surface area contributed by atoms with Crippen LogP contribution in [0.2, 0.25) is 0 Å². The first-order valence-corrected chi connectivity index (χ1v) is 7.89. The van der Waals surface area contributed by atoms with Crippen molar-refractivity contribution < 1.29 is 4.79 Å². The van der Waals surface area contributed by atoms with E-state index in [1.165, 1.54) is 22.5 Å². The Labute approximate surface area is 126 Å². The standard InChI is InChI=1S/C17H14N2OS/c20-17(14-6-3-7-15-16(14)21-10-18-15)19-13-8-11-4-1-2-5-12(11)9-13/h1-7,10,13H,8-9H2,(H,19,20).